The molecule has 0 bridgehead atoms. The quantitative estimate of drug-likeness (QED) is 0.724. The number of carbonyl (C=O) groups is 2. The highest BCUT2D eigenvalue weighted by Crippen LogP contribution is 2.27. The van der Waals surface area contributed by atoms with E-state index in [1.807, 2.05) is 4.90 Å². The van der Waals surface area contributed by atoms with E-state index >= 15 is 0 Å². The van der Waals surface area contributed by atoms with Crippen molar-refractivity contribution < 1.29 is 14.3 Å². The van der Waals surface area contributed by atoms with Crippen LogP contribution in [0.1, 0.15) is 45.4 Å². The molecule has 0 aliphatic carbocycles. The molecule has 5 nitrogen and oxygen atoms in total. The van der Waals surface area contributed by atoms with E-state index in [1.54, 1.807) is 0 Å². The summed E-state index contributed by atoms with van der Waals surface area (Å²) < 4.78 is 4.71. The van der Waals surface area contributed by atoms with Crippen LogP contribution in [-0.2, 0) is 14.3 Å². The van der Waals surface area contributed by atoms with Gasteiger partial charge in [-0.05, 0) is 38.6 Å². The third kappa shape index (κ3) is 4.19. The van der Waals surface area contributed by atoms with Crippen LogP contribution < -0.4 is 0 Å². The van der Waals surface area contributed by atoms with Crippen molar-refractivity contribution in [3.8, 4) is 0 Å². The van der Waals surface area contributed by atoms with Gasteiger partial charge in [-0.1, -0.05) is 6.92 Å². The summed E-state index contributed by atoms with van der Waals surface area (Å²) in [7, 11) is 1.39. The summed E-state index contributed by atoms with van der Waals surface area (Å²) in [6.45, 7) is 6.39. The van der Waals surface area contributed by atoms with Gasteiger partial charge < -0.3 is 14.5 Å². The standard InChI is InChI=1S/C16H28N2O3/c1-3-8-17-10-6-14(7-11-17)18-9-4-5-13(16(18)20)12-15(19)21-2/h13-14H,3-12H2,1-2H3. The van der Waals surface area contributed by atoms with E-state index in [0.717, 1.165) is 51.9 Å². The van der Waals surface area contributed by atoms with Crippen molar-refractivity contribution in [2.45, 2.75) is 51.5 Å². The van der Waals surface area contributed by atoms with Gasteiger partial charge in [0.05, 0.1) is 13.5 Å². The fraction of sp³-hybridized carbons (Fsp3) is 0.875. The third-order valence-electron chi connectivity index (χ3n) is 4.76. The molecule has 2 aliphatic rings. The van der Waals surface area contributed by atoms with E-state index < -0.39 is 0 Å². The molecule has 1 unspecified atom stereocenters. The Morgan fingerprint density at radius 3 is 2.57 bits per heavy atom. The van der Waals surface area contributed by atoms with Gasteiger partial charge in [-0.3, -0.25) is 9.59 Å². The molecule has 5 heteroatoms. The third-order valence-corrected chi connectivity index (χ3v) is 4.76. The van der Waals surface area contributed by atoms with Crippen molar-refractivity contribution in [3.63, 3.8) is 0 Å². The number of carbonyl (C=O) groups excluding carboxylic acids is 2. The molecule has 2 aliphatic heterocycles. The molecule has 2 fully saturated rings. The first-order valence-corrected chi connectivity index (χ1v) is 8.25. The number of methoxy groups -OCH3 is 1. The van der Waals surface area contributed by atoms with Crippen molar-refractivity contribution in [1.82, 2.24) is 9.80 Å². The second-order valence-corrected chi connectivity index (χ2v) is 6.22. The molecule has 0 saturated carbocycles. The monoisotopic (exact) mass is 296 g/mol. The van der Waals surface area contributed by atoms with E-state index in [9.17, 15) is 9.59 Å². The zero-order valence-electron chi connectivity index (χ0n) is 13.3. The topological polar surface area (TPSA) is 49.9 Å². The number of ether oxygens (including phenoxy) is 1. The Morgan fingerprint density at radius 2 is 1.95 bits per heavy atom. The molecule has 0 N–H and O–H groups in total. The fourth-order valence-corrected chi connectivity index (χ4v) is 3.58. The Balaban J connectivity index is 1.88. The van der Waals surface area contributed by atoms with Crippen molar-refractivity contribution in [3.05, 3.63) is 0 Å². The Labute approximate surface area is 127 Å². The first kappa shape index (κ1) is 16.3. The summed E-state index contributed by atoms with van der Waals surface area (Å²) >= 11 is 0. The normalized spacial score (nSPS) is 25.1. The van der Waals surface area contributed by atoms with Crippen LogP contribution in [-0.4, -0.2) is 61.0 Å². The maximum Gasteiger partial charge on any atom is 0.306 e. The number of piperidine rings is 2. The van der Waals surface area contributed by atoms with Crippen molar-refractivity contribution in [1.29, 1.82) is 0 Å². The second kappa shape index (κ2) is 7.78. The molecule has 21 heavy (non-hydrogen) atoms. The van der Waals surface area contributed by atoms with Crippen LogP contribution in [0.15, 0.2) is 0 Å². The molecule has 0 aromatic carbocycles. The van der Waals surface area contributed by atoms with Crippen molar-refractivity contribution in [2.24, 2.45) is 5.92 Å². The summed E-state index contributed by atoms with van der Waals surface area (Å²) in [5.74, 6) is -0.270. The molecule has 1 atom stereocenters. The van der Waals surface area contributed by atoms with Crippen molar-refractivity contribution in [2.75, 3.05) is 33.3 Å². The van der Waals surface area contributed by atoms with Gasteiger partial charge in [-0.2, -0.15) is 0 Å². The minimum absolute atomic E-state index is 0.167. The number of likely N-dealkylation sites (tertiary alicyclic amines) is 2. The maximum atomic E-state index is 12.6. The van der Waals surface area contributed by atoms with Gasteiger partial charge in [-0.15, -0.1) is 0 Å². The van der Waals surface area contributed by atoms with E-state index in [4.69, 9.17) is 4.74 Å². The number of hydrogen-bond acceptors (Lipinski definition) is 4. The Morgan fingerprint density at radius 1 is 1.24 bits per heavy atom. The first-order chi connectivity index (χ1) is 10.2. The molecule has 2 rings (SSSR count). The summed E-state index contributed by atoms with van der Waals surface area (Å²) in [6, 6.07) is 0.367. The number of amides is 1. The SMILES string of the molecule is CCCN1CCC(N2CCCC(CC(=O)OC)C2=O)CC1. The van der Waals surface area contributed by atoms with Crippen LogP contribution in [0.4, 0.5) is 0 Å². The summed E-state index contributed by atoms with van der Waals surface area (Å²) in [6.07, 6.45) is 5.38. The molecular weight excluding hydrogens is 268 g/mol. The van der Waals surface area contributed by atoms with Gasteiger partial charge in [-0.25, -0.2) is 0 Å². The van der Waals surface area contributed by atoms with Gasteiger partial charge in [0.25, 0.3) is 0 Å². The predicted molar refractivity (Wildman–Crippen MR) is 80.8 cm³/mol. The summed E-state index contributed by atoms with van der Waals surface area (Å²) in [4.78, 5) is 28.5. The van der Waals surface area contributed by atoms with Crippen LogP contribution in [0.2, 0.25) is 0 Å². The molecule has 120 valence electrons. The van der Waals surface area contributed by atoms with Crippen LogP contribution in [0.25, 0.3) is 0 Å². The predicted octanol–water partition coefficient (Wildman–Crippen LogP) is 1.66. The van der Waals surface area contributed by atoms with Gasteiger partial charge in [0.15, 0.2) is 0 Å². The first-order valence-electron chi connectivity index (χ1n) is 8.25. The second-order valence-electron chi connectivity index (χ2n) is 6.22. The zero-order valence-corrected chi connectivity index (χ0v) is 13.3. The van der Waals surface area contributed by atoms with Gasteiger partial charge >= 0.3 is 5.97 Å². The number of rotatable bonds is 5. The van der Waals surface area contributed by atoms with Gasteiger partial charge in [0.1, 0.15) is 0 Å². The van der Waals surface area contributed by atoms with Gasteiger partial charge in [0.2, 0.25) is 5.91 Å². The van der Waals surface area contributed by atoms with Crippen LogP contribution in [0.3, 0.4) is 0 Å². The lowest BCUT2D eigenvalue weighted by molar-refractivity contribution is -0.150. The van der Waals surface area contributed by atoms with Crippen molar-refractivity contribution >= 4 is 11.9 Å². The van der Waals surface area contributed by atoms with Gasteiger partial charge in [0, 0.05) is 31.6 Å². The molecule has 0 radical (unpaired) electrons. The summed E-state index contributed by atoms with van der Waals surface area (Å²) in [5.41, 5.74) is 0. The highest BCUT2D eigenvalue weighted by atomic mass is 16.5. The van der Waals surface area contributed by atoms with Crippen LogP contribution >= 0.6 is 0 Å². The Hall–Kier alpha value is -1.10. The highest BCUT2D eigenvalue weighted by molar-refractivity contribution is 5.84. The summed E-state index contributed by atoms with van der Waals surface area (Å²) in [5, 5.41) is 0. The lowest BCUT2D eigenvalue weighted by atomic mass is 9.91. The molecule has 0 spiro atoms. The lowest BCUT2D eigenvalue weighted by Gasteiger charge is -2.42. The van der Waals surface area contributed by atoms with Crippen LogP contribution in [0.5, 0.6) is 0 Å². The average Bonchev–Trinajstić information content (AvgIpc) is 2.50. The zero-order chi connectivity index (χ0) is 15.2. The average molecular weight is 296 g/mol. The highest BCUT2D eigenvalue weighted by Gasteiger charge is 2.35. The number of hydrogen-bond donors (Lipinski definition) is 0. The Kier molecular flexibility index (Phi) is 6.03. The van der Waals surface area contributed by atoms with E-state index in [1.165, 1.54) is 13.5 Å². The molecular formula is C16H28N2O3. The number of esters is 1. The molecule has 1 amide bonds. The fourth-order valence-electron chi connectivity index (χ4n) is 3.58. The van der Waals surface area contributed by atoms with E-state index in [2.05, 4.69) is 11.8 Å². The maximum absolute atomic E-state index is 12.6. The minimum atomic E-state index is -0.270. The van der Waals surface area contributed by atoms with E-state index in [-0.39, 0.29) is 24.2 Å². The minimum Gasteiger partial charge on any atom is -0.469 e. The molecule has 0 aromatic rings. The molecule has 2 saturated heterocycles. The largest absolute Gasteiger partial charge is 0.469 e. The van der Waals surface area contributed by atoms with E-state index in [0.29, 0.717) is 6.04 Å². The molecule has 0 aromatic heterocycles. The smallest absolute Gasteiger partial charge is 0.306 e. The number of nitrogens with zero attached hydrogens (tertiary/aromatic N) is 2. The Bertz CT molecular complexity index is 365. The molecule has 2 heterocycles. The van der Waals surface area contributed by atoms with Crippen LogP contribution in [0, 0.1) is 5.92 Å². The lowest BCUT2D eigenvalue weighted by Crippen LogP contribution is -2.51.